The molecule has 0 radical (unpaired) electrons. The Kier molecular flexibility index (Phi) is 3.46. The normalized spacial score (nSPS) is 10.6. The fourth-order valence-electron chi connectivity index (χ4n) is 1.77. The SMILES string of the molecule is Cc1nc2c(C)cc(NC(=O)CCC(=O)O)cn2n1. The number of aliphatic carboxylic acids is 1. The largest absolute Gasteiger partial charge is 0.481 e. The lowest BCUT2D eigenvalue weighted by molar-refractivity contribution is -0.138. The molecule has 0 aromatic carbocycles. The maximum Gasteiger partial charge on any atom is 0.303 e. The summed E-state index contributed by atoms with van der Waals surface area (Å²) in [6, 6.07) is 1.78. The van der Waals surface area contributed by atoms with Gasteiger partial charge in [0.05, 0.1) is 18.3 Å². The quantitative estimate of drug-likeness (QED) is 0.861. The standard InChI is InChI=1S/C12H14N4O3/c1-7-5-9(14-10(17)3-4-11(18)19)6-16-12(7)13-8(2)15-16/h5-6H,3-4H2,1-2H3,(H,14,17)(H,18,19). The van der Waals surface area contributed by atoms with Gasteiger partial charge in [-0.2, -0.15) is 5.10 Å². The summed E-state index contributed by atoms with van der Waals surface area (Å²) in [5.74, 6) is -0.677. The number of carboxylic acid groups (broad SMARTS) is 1. The Balaban J connectivity index is 2.16. The van der Waals surface area contributed by atoms with E-state index in [0.717, 1.165) is 11.2 Å². The van der Waals surface area contributed by atoms with Crippen LogP contribution in [0.3, 0.4) is 0 Å². The maximum absolute atomic E-state index is 11.5. The first-order valence-corrected chi connectivity index (χ1v) is 5.81. The number of anilines is 1. The molecule has 7 heteroatoms. The zero-order chi connectivity index (χ0) is 14.0. The number of amides is 1. The van der Waals surface area contributed by atoms with E-state index in [-0.39, 0.29) is 18.7 Å². The van der Waals surface area contributed by atoms with Gasteiger partial charge in [0.15, 0.2) is 5.65 Å². The number of nitrogens with one attached hydrogen (secondary N) is 1. The van der Waals surface area contributed by atoms with Crippen LogP contribution in [0.4, 0.5) is 5.69 Å². The molecule has 0 atom stereocenters. The van der Waals surface area contributed by atoms with Gasteiger partial charge in [0, 0.05) is 6.42 Å². The van der Waals surface area contributed by atoms with Crippen LogP contribution in [-0.4, -0.2) is 31.6 Å². The Hall–Kier alpha value is -2.44. The van der Waals surface area contributed by atoms with Crippen LogP contribution in [0.1, 0.15) is 24.2 Å². The number of nitrogens with zero attached hydrogens (tertiary/aromatic N) is 3. The highest BCUT2D eigenvalue weighted by atomic mass is 16.4. The molecule has 7 nitrogen and oxygen atoms in total. The lowest BCUT2D eigenvalue weighted by Gasteiger charge is -2.06. The molecule has 0 aliphatic carbocycles. The molecule has 0 unspecified atom stereocenters. The average Bonchev–Trinajstić information content (AvgIpc) is 2.67. The highest BCUT2D eigenvalue weighted by Gasteiger charge is 2.09. The lowest BCUT2D eigenvalue weighted by Crippen LogP contribution is -2.13. The third-order valence-electron chi connectivity index (χ3n) is 2.57. The van der Waals surface area contributed by atoms with E-state index >= 15 is 0 Å². The molecule has 1 amide bonds. The van der Waals surface area contributed by atoms with Crippen molar-refractivity contribution in [2.75, 3.05) is 5.32 Å². The van der Waals surface area contributed by atoms with Gasteiger partial charge in [0.1, 0.15) is 5.82 Å². The summed E-state index contributed by atoms with van der Waals surface area (Å²) >= 11 is 0. The minimum absolute atomic E-state index is 0.0528. The van der Waals surface area contributed by atoms with Crippen molar-refractivity contribution in [3.8, 4) is 0 Å². The van der Waals surface area contributed by atoms with E-state index in [2.05, 4.69) is 15.4 Å². The zero-order valence-electron chi connectivity index (χ0n) is 10.7. The Morgan fingerprint density at radius 3 is 2.79 bits per heavy atom. The topological polar surface area (TPSA) is 96.6 Å². The Morgan fingerprint density at radius 2 is 2.11 bits per heavy atom. The molecule has 0 saturated carbocycles. The zero-order valence-corrected chi connectivity index (χ0v) is 10.7. The van der Waals surface area contributed by atoms with E-state index in [1.54, 1.807) is 23.7 Å². The monoisotopic (exact) mass is 262 g/mol. The van der Waals surface area contributed by atoms with Gasteiger partial charge in [-0.15, -0.1) is 0 Å². The lowest BCUT2D eigenvalue weighted by atomic mass is 10.2. The van der Waals surface area contributed by atoms with Crippen molar-refractivity contribution >= 4 is 23.2 Å². The van der Waals surface area contributed by atoms with Crippen molar-refractivity contribution in [1.29, 1.82) is 0 Å². The number of carboxylic acids is 1. The highest BCUT2D eigenvalue weighted by molar-refractivity contribution is 5.92. The second-order valence-corrected chi connectivity index (χ2v) is 4.28. The summed E-state index contributed by atoms with van der Waals surface area (Å²) in [6.45, 7) is 3.66. The van der Waals surface area contributed by atoms with Gasteiger partial charge in [0.25, 0.3) is 0 Å². The first-order valence-electron chi connectivity index (χ1n) is 5.81. The number of aromatic nitrogens is 3. The van der Waals surface area contributed by atoms with Crippen LogP contribution in [0.25, 0.3) is 5.65 Å². The second-order valence-electron chi connectivity index (χ2n) is 4.28. The van der Waals surface area contributed by atoms with Crippen molar-refractivity contribution < 1.29 is 14.7 Å². The predicted molar refractivity (Wildman–Crippen MR) is 68.0 cm³/mol. The minimum Gasteiger partial charge on any atom is -0.481 e. The molecule has 19 heavy (non-hydrogen) atoms. The summed E-state index contributed by atoms with van der Waals surface area (Å²) in [4.78, 5) is 26.2. The average molecular weight is 262 g/mol. The summed E-state index contributed by atoms with van der Waals surface area (Å²) in [7, 11) is 0. The molecule has 0 saturated heterocycles. The number of rotatable bonds is 4. The third kappa shape index (κ3) is 3.06. The van der Waals surface area contributed by atoms with Crippen LogP contribution in [-0.2, 0) is 9.59 Å². The number of hydrogen-bond acceptors (Lipinski definition) is 4. The third-order valence-corrected chi connectivity index (χ3v) is 2.57. The molecule has 0 spiro atoms. The van der Waals surface area contributed by atoms with Gasteiger partial charge in [-0.3, -0.25) is 9.59 Å². The first-order chi connectivity index (χ1) is 8.95. The minimum atomic E-state index is -0.992. The molecule has 0 aliphatic rings. The van der Waals surface area contributed by atoms with Crippen LogP contribution >= 0.6 is 0 Å². The van der Waals surface area contributed by atoms with Crippen LogP contribution in [0.2, 0.25) is 0 Å². The second kappa shape index (κ2) is 5.05. The molecule has 100 valence electrons. The van der Waals surface area contributed by atoms with Crippen molar-refractivity contribution in [1.82, 2.24) is 14.6 Å². The van der Waals surface area contributed by atoms with Crippen LogP contribution < -0.4 is 5.32 Å². The van der Waals surface area contributed by atoms with Crippen molar-refractivity contribution in [2.24, 2.45) is 0 Å². The predicted octanol–water partition coefficient (Wildman–Crippen LogP) is 1.15. The van der Waals surface area contributed by atoms with Gasteiger partial charge in [-0.05, 0) is 25.5 Å². The number of carbonyl (C=O) groups is 2. The fraction of sp³-hybridized carbons (Fsp3) is 0.333. The van der Waals surface area contributed by atoms with Crippen LogP contribution in [0.5, 0.6) is 0 Å². The summed E-state index contributed by atoms with van der Waals surface area (Å²) in [6.07, 6.45) is 1.42. The van der Waals surface area contributed by atoms with E-state index < -0.39 is 5.97 Å². The Labute approximate surface area is 109 Å². The van der Waals surface area contributed by atoms with Gasteiger partial charge < -0.3 is 10.4 Å². The maximum atomic E-state index is 11.5. The van der Waals surface area contributed by atoms with Gasteiger partial charge in [-0.1, -0.05) is 0 Å². The number of carbonyl (C=O) groups excluding carboxylic acids is 1. The summed E-state index contributed by atoms with van der Waals surface area (Å²) in [5, 5.41) is 15.3. The van der Waals surface area contributed by atoms with Gasteiger partial charge in [-0.25, -0.2) is 9.50 Å². The molecule has 2 aromatic heterocycles. The van der Waals surface area contributed by atoms with Crippen molar-refractivity contribution in [3.63, 3.8) is 0 Å². The Bertz CT molecular complexity index is 648. The molecule has 0 fully saturated rings. The Morgan fingerprint density at radius 1 is 1.37 bits per heavy atom. The van der Waals surface area contributed by atoms with Crippen molar-refractivity contribution in [3.05, 3.63) is 23.7 Å². The smallest absolute Gasteiger partial charge is 0.303 e. The molecular weight excluding hydrogens is 248 g/mol. The van der Waals surface area contributed by atoms with E-state index in [1.165, 1.54) is 0 Å². The molecule has 0 bridgehead atoms. The molecule has 2 heterocycles. The van der Waals surface area contributed by atoms with Crippen molar-refractivity contribution in [2.45, 2.75) is 26.7 Å². The first kappa shape index (κ1) is 13.0. The molecule has 2 N–H and O–H groups in total. The van der Waals surface area contributed by atoms with E-state index in [9.17, 15) is 9.59 Å². The number of aryl methyl sites for hydroxylation is 2. The molecular formula is C12H14N4O3. The highest BCUT2D eigenvalue weighted by Crippen LogP contribution is 2.15. The number of fused-ring (bicyclic) bond motifs is 1. The van der Waals surface area contributed by atoms with E-state index in [4.69, 9.17) is 5.11 Å². The summed E-state index contributed by atoms with van der Waals surface area (Å²) < 4.78 is 1.59. The molecule has 0 aliphatic heterocycles. The summed E-state index contributed by atoms with van der Waals surface area (Å²) in [5.41, 5.74) is 2.20. The van der Waals surface area contributed by atoms with E-state index in [1.807, 2.05) is 6.92 Å². The fourth-order valence-corrected chi connectivity index (χ4v) is 1.77. The molecule has 2 aromatic rings. The number of hydrogen-bond donors (Lipinski definition) is 2. The van der Waals surface area contributed by atoms with Gasteiger partial charge in [0.2, 0.25) is 5.91 Å². The van der Waals surface area contributed by atoms with Gasteiger partial charge >= 0.3 is 5.97 Å². The van der Waals surface area contributed by atoms with E-state index in [0.29, 0.717) is 11.5 Å². The van der Waals surface area contributed by atoms with Crippen LogP contribution in [0, 0.1) is 13.8 Å². The van der Waals surface area contributed by atoms with Crippen LogP contribution in [0.15, 0.2) is 12.3 Å². The molecule has 2 rings (SSSR count). The number of pyridine rings is 1.